The molecule has 2 heteroatoms. The molecule has 0 fully saturated rings. The Morgan fingerprint density at radius 3 is 2.24 bits per heavy atom. The second-order valence-electron chi connectivity index (χ2n) is 6.37. The molecule has 0 aliphatic heterocycles. The number of phenols is 1. The van der Waals surface area contributed by atoms with Crippen LogP contribution < -0.4 is 0 Å². The SMILES string of the molecule is CCCCCc1ccc(-c2ccc(-c3ccccc3)cc2F)c(O)c1. The summed E-state index contributed by atoms with van der Waals surface area (Å²) in [5.74, 6) is -0.184. The molecule has 0 heterocycles. The minimum atomic E-state index is -0.324. The van der Waals surface area contributed by atoms with Gasteiger partial charge in [0.25, 0.3) is 0 Å². The molecule has 0 saturated carbocycles. The first-order chi connectivity index (χ1) is 12.2. The fraction of sp³-hybridized carbons (Fsp3) is 0.217. The normalized spacial score (nSPS) is 10.8. The molecule has 0 aromatic heterocycles. The van der Waals surface area contributed by atoms with E-state index in [1.807, 2.05) is 48.5 Å². The van der Waals surface area contributed by atoms with Gasteiger partial charge in [0.05, 0.1) is 0 Å². The average Bonchev–Trinajstić information content (AvgIpc) is 2.63. The summed E-state index contributed by atoms with van der Waals surface area (Å²) in [6, 6.07) is 20.4. The van der Waals surface area contributed by atoms with Crippen molar-refractivity contribution >= 4 is 0 Å². The van der Waals surface area contributed by atoms with E-state index in [0.29, 0.717) is 11.1 Å². The van der Waals surface area contributed by atoms with Gasteiger partial charge in [-0.3, -0.25) is 0 Å². The predicted octanol–water partition coefficient (Wildman–Crippen LogP) is 6.60. The highest BCUT2D eigenvalue weighted by Crippen LogP contribution is 2.34. The summed E-state index contributed by atoms with van der Waals surface area (Å²) < 4.78 is 14.6. The Kier molecular flexibility index (Phi) is 5.49. The highest BCUT2D eigenvalue weighted by molar-refractivity contribution is 5.74. The van der Waals surface area contributed by atoms with E-state index in [0.717, 1.165) is 29.5 Å². The lowest BCUT2D eigenvalue weighted by Crippen LogP contribution is -1.90. The average molecular weight is 334 g/mol. The zero-order valence-corrected chi connectivity index (χ0v) is 14.5. The van der Waals surface area contributed by atoms with E-state index in [1.54, 1.807) is 12.1 Å². The van der Waals surface area contributed by atoms with Gasteiger partial charge in [0.2, 0.25) is 0 Å². The van der Waals surface area contributed by atoms with Gasteiger partial charge in [-0.05, 0) is 41.7 Å². The molecule has 1 nitrogen and oxygen atoms in total. The van der Waals surface area contributed by atoms with E-state index in [1.165, 1.54) is 18.9 Å². The van der Waals surface area contributed by atoms with Crippen LogP contribution in [0.3, 0.4) is 0 Å². The van der Waals surface area contributed by atoms with Crippen molar-refractivity contribution in [3.8, 4) is 28.0 Å². The zero-order valence-electron chi connectivity index (χ0n) is 14.5. The van der Waals surface area contributed by atoms with Crippen LogP contribution in [-0.2, 0) is 6.42 Å². The minimum absolute atomic E-state index is 0.139. The summed E-state index contributed by atoms with van der Waals surface area (Å²) in [6.07, 6.45) is 4.40. The van der Waals surface area contributed by atoms with Crippen LogP contribution in [0.2, 0.25) is 0 Å². The van der Waals surface area contributed by atoms with E-state index in [9.17, 15) is 9.50 Å². The number of benzene rings is 3. The van der Waals surface area contributed by atoms with Gasteiger partial charge in [-0.2, -0.15) is 0 Å². The third kappa shape index (κ3) is 4.08. The van der Waals surface area contributed by atoms with E-state index in [2.05, 4.69) is 6.92 Å². The lowest BCUT2D eigenvalue weighted by Gasteiger charge is -2.10. The molecular formula is C23H23FO. The van der Waals surface area contributed by atoms with Gasteiger partial charge in [-0.1, -0.05) is 74.4 Å². The standard InChI is InChI=1S/C23H23FO/c1-2-3-5-8-17-11-13-21(23(25)15-17)20-14-12-19(16-22(20)24)18-9-6-4-7-10-18/h4,6-7,9-16,25H,2-3,5,8H2,1H3. The van der Waals surface area contributed by atoms with Gasteiger partial charge in [0.15, 0.2) is 0 Å². The van der Waals surface area contributed by atoms with Crippen molar-refractivity contribution in [1.29, 1.82) is 0 Å². The van der Waals surface area contributed by atoms with Gasteiger partial charge in [0.1, 0.15) is 11.6 Å². The molecule has 0 atom stereocenters. The molecule has 3 aromatic rings. The van der Waals surface area contributed by atoms with Crippen molar-refractivity contribution in [2.24, 2.45) is 0 Å². The molecule has 3 aromatic carbocycles. The molecule has 1 N–H and O–H groups in total. The molecule has 0 bridgehead atoms. The molecule has 0 unspecified atom stereocenters. The molecule has 0 aliphatic carbocycles. The van der Waals surface area contributed by atoms with Crippen LogP contribution in [0.5, 0.6) is 5.75 Å². The maximum absolute atomic E-state index is 14.6. The fourth-order valence-electron chi connectivity index (χ4n) is 3.08. The lowest BCUT2D eigenvalue weighted by atomic mass is 9.97. The number of aryl methyl sites for hydroxylation is 1. The van der Waals surface area contributed by atoms with Crippen LogP contribution in [0.4, 0.5) is 4.39 Å². The molecule has 0 amide bonds. The molecular weight excluding hydrogens is 311 g/mol. The van der Waals surface area contributed by atoms with Crippen LogP contribution in [-0.4, -0.2) is 5.11 Å². The minimum Gasteiger partial charge on any atom is -0.507 e. The molecule has 0 spiro atoms. The monoisotopic (exact) mass is 334 g/mol. The van der Waals surface area contributed by atoms with Crippen molar-refractivity contribution in [2.45, 2.75) is 32.6 Å². The summed E-state index contributed by atoms with van der Waals surface area (Å²) in [4.78, 5) is 0. The maximum Gasteiger partial charge on any atom is 0.131 e. The summed E-state index contributed by atoms with van der Waals surface area (Å²) in [6.45, 7) is 2.17. The van der Waals surface area contributed by atoms with E-state index >= 15 is 0 Å². The number of rotatable bonds is 6. The number of halogens is 1. The zero-order chi connectivity index (χ0) is 17.6. The number of hydrogen-bond acceptors (Lipinski definition) is 1. The molecule has 3 rings (SSSR count). The molecule has 0 saturated heterocycles. The summed E-state index contributed by atoms with van der Waals surface area (Å²) in [5, 5.41) is 10.3. The van der Waals surface area contributed by atoms with Crippen molar-refractivity contribution in [3.05, 3.63) is 78.1 Å². The van der Waals surface area contributed by atoms with E-state index < -0.39 is 0 Å². The Morgan fingerprint density at radius 1 is 0.800 bits per heavy atom. The van der Waals surface area contributed by atoms with Crippen LogP contribution in [0.25, 0.3) is 22.3 Å². The smallest absolute Gasteiger partial charge is 0.131 e. The van der Waals surface area contributed by atoms with Crippen molar-refractivity contribution in [1.82, 2.24) is 0 Å². The number of hydrogen-bond donors (Lipinski definition) is 1. The van der Waals surface area contributed by atoms with Crippen LogP contribution in [0, 0.1) is 5.82 Å². The number of phenolic OH excluding ortho intramolecular Hbond substituents is 1. The Labute approximate surface area is 148 Å². The van der Waals surface area contributed by atoms with Gasteiger partial charge < -0.3 is 5.11 Å². The van der Waals surface area contributed by atoms with Crippen molar-refractivity contribution in [3.63, 3.8) is 0 Å². The summed E-state index contributed by atoms with van der Waals surface area (Å²) in [5.41, 5.74) is 3.87. The predicted molar refractivity (Wildman–Crippen MR) is 102 cm³/mol. The number of unbranched alkanes of at least 4 members (excludes halogenated alkanes) is 2. The highest BCUT2D eigenvalue weighted by Gasteiger charge is 2.11. The van der Waals surface area contributed by atoms with Crippen molar-refractivity contribution in [2.75, 3.05) is 0 Å². The first-order valence-corrected chi connectivity index (χ1v) is 8.86. The third-order valence-electron chi connectivity index (χ3n) is 4.50. The van der Waals surface area contributed by atoms with E-state index in [-0.39, 0.29) is 11.6 Å². The van der Waals surface area contributed by atoms with Crippen molar-refractivity contribution < 1.29 is 9.50 Å². The summed E-state index contributed by atoms with van der Waals surface area (Å²) in [7, 11) is 0. The Hall–Kier alpha value is -2.61. The fourth-order valence-corrected chi connectivity index (χ4v) is 3.08. The van der Waals surface area contributed by atoms with Gasteiger partial charge in [0, 0.05) is 11.1 Å². The quantitative estimate of drug-likeness (QED) is 0.504. The molecule has 0 radical (unpaired) electrons. The van der Waals surface area contributed by atoms with Crippen LogP contribution in [0.15, 0.2) is 66.7 Å². The van der Waals surface area contributed by atoms with Gasteiger partial charge in [-0.15, -0.1) is 0 Å². The maximum atomic E-state index is 14.6. The van der Waals surface area contributed by atoms with Crippen LogP contribution >= 0.6 is 0 Å². The molecule has 128 valence electrons. The first-order valence-electron chi connectivity index (χ1n) is 8.86. The first kappa shape index (κ1) is 17.2. The van der Waals surface area contributed by atoms with Gasteiger partial charge in [-0.25, -0.2) is 4.39 Å². The Morgan fingerprint density at radius 2 is 1.56 bits per heavy atom. The second kappa shape index (κ2) is 7.98. The van der Waals surface area contributed by atoms with E-state index in [4.69, 9.17) is 0 Å². The topological polar surface area (TPSA) is 20.2 Å². The molecule has 0 aliphatic rings. The Bertz CT molecular complexity index is 840. The summed E-state index contributed by atoms with van der Waals surface area (Å²) >= 11 is 0. The largest absolute Gasteiger partial charge is 0.507 e. The van der Waals surface area contributed by atoms with Crippen LogP contribution in [0.1, 0.15) is 31.7 Å². The third-order valence-corrected chi connectivity index (χ3v) is 4.50. The Balaban J connectivity index is 1.86. The van der Waals surface area contributed by atoms with Gasteiger partial charge >= 0.3 is 0 Å². The molecule has 25 heavy (non-hydrogen) atoms. The highest BCUT2D eigenvalue weighted by atomic mass is 19.1. The number of aromatic hydroxyl groups is 1. The lowest BCUT2D eigenvalue weighted by molar-refractivity contribution is 0.475. The second-order valence-corrected chi connectivity index (χ2v) is 6.37.